The molecule has 32 heavy (non-hydrogen) atoms. The summed E-state index contributed by atoms with van der Waals surface area (Å²) in [5, 5.41) is 6.62. The van der Waals surface area contributed by atoms with Crippen molar-refractivity contribution in [1.82, 2.24) is 5.43 Å². The van der Waals surface area contributed by atoms with Crippen molar-refractivity contribution < 1.29 is 18.7 Å². The zero-order valence-corrected chi connectivity index (χ0v) is 18.2. The molecule has 164 valence electrons. The van der Waals surface area contributed by atoms with Gasteiger partial charge < -0.3 is 10.1 Å². The van der Waals surface area contributed by atoms with Gasteiger partial charge in [0.15, 0.2) is 0 Å². The van der Waals surface area contributed by atoms with Crippen molar-refractivity contribution >= 4 is 35.3 Å². The van der Waals surface area contributed by atoms with E-state index in [1.165, 1.54) is 18.3 Å². The molecule has 3 aromatic rings. The Morgan fingerprint density at radius 3 is 2.47 bits per heavy atom. The minimum Gasteiger partial charge on any atom is -0.489 e. The molecule has 6 nitrogen and oxygen atoms in total. The van der Waals surface area contributed by atoms with Crippen molar-refractivity contribution in [2.75, 3.05) is 5.32 Å². The molecule has 8 heteroatoms. The van der Waals surface area contributed by atoms with Crippen LogP contribution >= 0.6 is 11.6 Å². The SMILES string of the molecule is Cc1cc(C)cc(NC(=O)C(=O)N/N=C/c2cccc(OCc3c(F)cccc3Cl)c2)c1. The number of benzene rings is 3. The normalized spacial score (nSPS) is 10.8. The van der Waals surface area contributed by atoms with E-state index in [4.69, 9.17) is 16.3 Å². The average molecular weight is 454 g/mol. The Morgan fingerprint density at radius 2 is 1.75 bits per heavy atom. The monoisotopic (exact) mass is 453 g/mol. The van der Waals surface area contributed by atoms with Crippen LogP contribution in [0.5, 0.6) is 5.75 Å². The average Bonchev–Trinajstić information content (AvgIpc) is 2.73. The van der Waals surface area contributed by atoms with Gasteiger partial charge in [-0.15, -0.1) is 0 Å². The standard InChI is InChI=1S/C24H21ClFN3O3/c1-15-9-16(2)11-18(10-15)28-23(30)24(31)29-27-13-17-5-3-6-19(12-17)32-14-20-21(25)7-4-8-22(20)26/h3-13H,14H2,1-2H3,(H,28,30)(H,29,31)/b27-13+. The highest BCUT2D eigenvalue weighted by atomic mass is 35.5. The molecule has 0 bridgehead atoms. The lowest BCUT2D eigenvalue weighted by Crippen LogP contribution is -2.32. The molecular weight excluding hydrogens is 433 g/mol. The third-order valence-electron chi connectivity index (χ3n) is 4.37. The molecular formula is C24H21ClFN3O3. The molecule has 0 saturated carbocycles. The van der Waals surface area contributed by atoms with Gasteiger partial charge in [-0.2, -0.15) is 5.10 Å². The Labute approximate surface area is 190 Å². The van der Waals surface area contributed by atoms with Crippen molar-refractivity contribution in [3.63, 3.8) is 0 Å². The predicted octanol–water partition coefficient (Wildman–Crippen LogP) is 4.76. The Balaban J connectivity index is 1.56. The van der Waals surface area contributed by atoms with Crippen LogP contribution in [0.2, 0.25) is 5.02 Å². The van der Waals surface area contributed by atoms with Gasteiger partial charge in [0, 0.05) is 11.3 Å². The first kappa shape index (κ1) is 23.0. The number of amides is 2. The number of carbonyl (C=O) groups excluding carboxylic acids is 2. The number of halogens is 2. The first-order valence-electron chi connectivity index (χ1n) is 9.70. The van der Waals surface area contributed by atoms with Crippen LogP contribution in [0.4, 0.5) is 10.1 Å². The molecule has 3 aromatic carbocycles. The summed E-state index contributed by atoms with van der Waals surface area (Å²) in [6.07, 6.45) is 1.37. The maximum atomic E-state index is 13.9. The number of rotatable bonds is 6. The van der Waals surface area contributed by atoms with E-state index in [2.05, 4.69) is 15.8 Å². The summed E-state index contributed by atoms with van der Waals surface area (Å²) in [6.45, 7) is 3.76. The number of aryl methyl sites for hydroxylation is 2. The Hall–Kier alpha value is -3.71. The lowest BCUT2D eigenvalue weighted by atomic mass is 10.1. The Kier molecular flexibility index (Phi) is 7.57. The van der Waals surface area contributed by atoms with E-state index >= 15 is 0 Å². The van der Waals surface area contributed by atoms with E-state index < -0.39 is 17.6 Å². The molecule has 0 fully saturated rings. The van der Waals surface area contributed by atoms with Crippen molar-refractivity contribution in [2.45, 2.75) is 20.5 Å². The summed E-state index contributed by atoms with van der Waals surface area (Å²) in [6, 6.07) is 16.7. The molecule has 3 rings (SSSR count). The fourth-order valence-electron chi connectivity index (χ4n) is 2.96. The van der Waals surface area contributed by atoms with Gasteiger partial charge in [0.05, 0.1) is 11.2 Å². The van der Waals surface area contributed by atoms with Crippen molar-refractivity contribution in [1.29, 1.82) is 0 Å². The second-order valence-electron chi connectivity index (χ2n) is 7.09. The first-order chi connectivity index (χ1) is 15.3. The van der Waals surface area contributed by atoms with Crippen molar-refractivity contribution in [3.05, 3.63) is 93.8 Å². The van der Waals surface area contributed by atoms with Gasteiger partial charge in [0.2, 0.25) is 0 Å². The van der Waals surface area contributed by atoms with Gasteiger partial charge in [-0.3, -0.25) is 9.59 Å². The van der Waals surface area contributed by atoms with Crippen molar-refractivity contribution in [3.8, 4) is 5.75 Å². The van der Waals surface area contributed by atoms with Crippen LogP contribution in [0.1, 0.15) is 22.3 Å². The molecule has 0 aliphatic rings. The second kappa shape index (κ2) is 10.5. The van der Waals surface area contributed by atoms with E-state index in [9.17, 15) is 14.0 Å². The van der Waals surface area contributed by atoms with Crippen molar-refractivity contribution in [2.24, 2.45) is 5.10 Å². The molecule has 0 aliphatic carbocycles. The topological polar surface area (TPSA) is 79.8 Å². The third-order valence-corrected chi connectivity index (χ3v) is 4.72. The zero-order valence-electron chi connectivity index (χ0n) is 17.5. The lowest BCUT2D eigenvalue weighted by Gasteiger charge is -2.09. The lowest BCUT2D eigenvalue weighted by molar-refractivity contribution is -0.136. The van der Waals surface area contributed by atoms with Crippen LogP contribution in [-0.4, -0.2) is 18.0 Å². The van der Waals surface area contributed by atoms with E-state index in [0.717, 1.165) is 11.1 Å². The molecule has 0 aliphatic heterocycles. The van der Waals surface area contributed by atoms with E-state index in [-0.39, 0.29) is 17.2 Å². The number of hydrazone groups is 1. The minimum absolute atomic E-state index is 0.0402. The highest BCUT2D eigenvalue weighted by Gasteiger charge is 2.13. The Bertz CT molecular complexity index is 1140. The molecule has 2 N–H and O–H groups in total. The van der Waals surface area contributed by atoms with Crippen LogP contribution in [0.3, 0.4) is 0 Å². The summed E-state index contributed by atoms with van der Waals surface area (Å²) in [5.41, 5.74) is 5.53. The number of nitrogens with zero attached hydrogens (tertiary/aromatic N) is 1. The molecule has 0 aromatic heterocycles. The smallest absolute Gasteiger partial charge is 0.329 e. The number of anilines is 1. The summed E-state index contributed by atoms with van der Waals surface area (Å²) in [7, 11) is 0. The number of ether oxygens (including phenoxy) is 1. The van der Waals surface area contributed by atoms with Crippen LogP contribution in [0, 0.1) is 19.7 Å². The minimum atomic E-state index is -0.901. The number of carbonyl (C=O) groups is 2. The fourth-order valence-corrected chi connectivity index (χ4v) is 3.18. The number of hydrogen-bond acceptors (Lipinski definition) is 4. The first-order valence-corrected chi connectivity index (χ1v) is 10.1. The third kappa shape index (κ3) is 6.39. The van der Waals surface area contributed by atoms with Gasteiger partial charge in [0.1, 0.15) is 18.2 Å². The predicted molar refractivity (Wildman–Crippen MR) is 122 cm³/mol. The van der Waals surface area contributed by atoms with Gasteiger partial charge in [-0.1, -0.05) is 35.9 Å². The fraction of sp³-hybridized carbons (Fsp3) is 0.125. The van der Waals surface area contributed by atoms with Crippen LogP contribution in [0.15, 0.2) is 65.8 Å². The summed E-state index contributed by atoms with van der Waals surface area (Å²) in [5.74, 6) is -1.71. The number of hydrogen-bond donors (Lipinski definition) is 2. The summed E-state index contributed by atoms with van der Waals surface area (Å²) >= 11 is 6.00. The molecule has 2 amide bonds. The molecule has 0 radical (unpaired) electrons. The Morgan fingerprint density at radius 1 is 1.03 bits per heavy atom. The van der Waals surface area contributed by atoms with Gasteiger partial charge >= 0.3 is 11.8 Å². The summed E-state index contributed by atoms with van der Waals surface area (Å²) in [4.78, 5) is 24.0. The molecule has 0 heterocycles. The van der Waals surface area contributed by atoms with E-state index in [0.29, 0.717) is 17.0 Å². The van der Waals surface area contributed by atoms with E-state index in [1.54, 1.807) is 42.5 Å². The van der Waals surface area contributed by atoms with Gasteiger partial charge in [-0.05, 0) is 66.9 Å². The second-order valence-corrected chi connectivity index (χ2v) is 7.50. The number of nitrogens with one attached hydrogen (secondary N) is 2. The summed E-state index contributed by atoms with van der Waals surface area (Å²) < 4.78 is 19.5. The zero-order chi connectivity index (χ0) is 23.1. The highest BCUT2D eigenvalue weighted by molar-refractivity contribution is 6.39. The highest BCUT2D eigenvalue weighted by Crippen LogP contribution is 2.22. The van der Waals surface area contributed by atoms with Gasteiger partial charge in [-0.25, -0.2) is 9.82 Å². The quantitative estimate of drug-likeness (QED) is 0.321. The van der Waals surface area contributed by atoms with Crippen LogP contribution in [0.25, 0.3) is 0 Å². The van der Waals surface area contributed by atoms with Gasteiger partial charge in [0.25, 0.3) is 0 Å². The van der Waals surface area contributed by atoms with Crippen LogP contribution < -0.4 is 15.5 Å². The molecule has 0 saturated heterocycles. The molecule has 0 atom stereocenters. The molecule has 0 unspecified atom stereocenters. The maximum Gasteiger partial charge on any atom is 0.329 e. The maximum absolute atomic E-state index is 13.9. The van der Waals surface area contributed by atoms with E-state index in [1.807, 2.05) is 19.9 Å². The van der Waals surface area contributed by atoms with Crippen LogP contribution in [-0.2, 0) is 16.2 Å². The molecule has 0 spiro atoms. The largest absolute Gasteiger partial charge is 0.489 e.